The van der Waals surface area contributed by atoms with Crippen LogP contribution in [-0.2, 0) is 4.79 Å². The summed E-state index contributed by atoms with van der Waals surface area (Å²) in [4.78, 5) is 27.1. The van der Waals surface area contributed by atoms with Crippen LogP contribution in [0.2, 0.25) is 0 Å². The maximum atomic E-state index is 12.3. The van der Waals surface area contributed by atoms with E-state index in [1.54, 1.807) is 0 Å². The Morgan fingerprint density at radius 1 is 1.16 bits per heavy atom. The molecule has 0 unspecified atom stereocenters. The van der Waals surface area contributed by atoms with Gasteiger partial charge in [0, 0.05) is 5.56 Å². The highest BCUT2D eigenvalue weighted by Gasteiger charge is 2.33. The van der Waals surface area contributed by atoms with E-state index in [1.807, 2.05) is 0 Å². The first-order valence-electron chi connectivity index (χ1n) is 6.86. The number of benzene rings is 2. The van der Waals surface area contributed by atoms with Crippen molar-refractivity contribution in [3.8, 4) is 5.75 Å². The number of hydrogen-bond donors (Lipinski definition) is 2. The molecule has 1 heterocycles. The molecule has 3 rings (SSSR count). The maximum absolute atomic E-state index is 12.3. The summed E-state index contributed by atoms with van der Waals surface area (Å²) in [5.41, 5.74) is 0.431. The number of nitrogens with zero attached hydrogens (tertiary/aromatic N) is 1. The molecule has 9 heteroatoms. The third kappa shape index (κ3) is 3.60. The number of carbonyl (C=O) groups excluding carboxylic acids is 1. The third-order valence-corrected chi connectivity index (χ3v) is 3.28. The average Bonchev–Trinajstić information content (AvgIpc) is 2.82. The van der Waals surface area contributed by atoms with Crippen molar-refractivity contribution in [2.24, 2.45) is 4.99 Å². The second-order valence-electron chi connectivity index (χ2n) is 5.03. The molecule has 0 radical (unpaired) electrons. The van der Waals surface area contributed by atoms with Crippen LogP contribution in [0.1, 0.15) is 15.9 Å². The van der Waals surface area contributed by atoms with Gasteiger partial charge in [-0.05, 0) is 36.4 Å². The number of aliphatic imine (C=N–C) groups is 1. The highest BCUT2D eigenvalue weighted by atomic mass is 19.4. The van der Waals surface area contributed by atoms with Crippen LogP contribution in [0.4, 0.5) is 24.5 Å². The molecule has 1 amide bonds. The molecule has 1 aliphatic heterocycles. The van der Waals surface area contributed by atoms with Gasteiger partial charge in [0.1, 0.15) is 11.5 Å². The molecule has 0 saturated carbocycles. The zero-order valence-electron chi connectivity index (χ0n) is 12.3. The van der Waals surface area contributed by atoms with E-state index in [4.69, 9.17) is 5.11 Å². The summed E-state index contributed by atoms with van der Waals surface area (Å²) in [6.45, 7) is 0. The number of anilines is 1. The van der Waals surface area contributed by atoms with Crippen LogP contribution in [0.15, 0.2) is 47.5 Å². The number of rotatable bonds is 3. The van der Waals surface area contributed by atoms with E-state index >= 15 is 0 Å². The Kier molecular flexibility index (Phi) is 3.91. The van der Waals surface area contributed by atoms with Gasteiger partial charge in [0.15, 0.2) is 0 Å². The number of fused-ring (bicyclic) bond motifs is 1. The number of hydrogen-bond acceptors (Lipinski definition) is 4. The first-order chi connectivity index (χ1) is 11.7. The van der Waals surface area contributed by atoms with Crippen LogP contribution in [0, 0.1) is 0 Å². The molecule has 128 valence electrons. The van der Waals surface area contributed by atoms with Gasteiger partial charge in [-0.25, -0.2) is 9.79 Å². The number of nitrogens with one attached hydrogen (secondary N) is 1. The third-order valence-electron chi connectivity index (χ3n) is 3.28. The zero-order valence-corrected chi connectivity index (χ0v) is 12.3. The summed E-state index contributed by atoms with van der Waals surface area (Å²) < 4.78 is 40.9. The predicted molar refractivity (Wildman–Crippen MR) is 81.4 cm³/mol. The minimum atomic E-state index is -4.86. The Labute approximate surface area is 138 Å². The Morgan fingerprint density at radius 3 is 2.60 bits per heavy atom. The topological polar surface area (TPSA) is 88.0 Å². The van der Waals surface area contributed by atoms with Gasteiger partial charge < -0.3 is 15.2 Å². The summed E-state index contributed by atoms with van der Waals surface area (Å²) in [7, 11) is 0. The van der Waals surface area contributed by atoms with Crippen LogP contribution < -0.4 is 10.1 Å². The molecule has 0 fully saturated rings. The minimum Gasteiger partial charge on any atom is -0.478 e. The Morgan fingerprint density at radius 2 is 1.92 bits per heavy atom. The van der Waals surface area contributed by atoms with E-state index < -0.39 is 24.0 Å². The van der Waals surface area contributed by atoms with Crippen LogP contribution in [0.5, 0.6) is 5.75 Å². The lowest BCUT2D eigenvalue weighted by Crippen LogP contribution is -2.17. The molecular formula is C16H9F3N2O4. The Bertz CT molecular complexity index is 906. The molecule has 6 nitrogen and oxygen atoms in total. The van der Waals surface area contributed by atoms with Gasteiger partial charge in [-0.1, -0.05) is 6.07 Å². The fourth-order valence-corrected chi connectivity index (χ4v) is 2.28. The molecule has 0 spiro atoms. The second kappa shape index (κ2) is 5.93. The fourth-order valence-electron chi connectivity index (χ4n) is 2.28. The van der Waals surface area contributed by atoms with Crippen LogP contribution in [0.25, 0.3) is 0 Å². The maximum Gasteiger partial charge on any atom is 0.573 e. The van der Waals surface area contributed by atoms with Gasteiger partial charge in [0.25, 0.3) is 5.91 Å². The van der Waals surface area contributed by atoms with E-state index in [0.29, 0.717) is 0 Å². The highest BCUT2D eigenvalue weighted by Crippen LogP contribution is 2.31. The largest absolute Gasteiger partial charge is 0.573 e. The fraction of sp³-hybridized carbons (Fsp3) is 0.0625. The van der Waals surface area contributed by atoms with Gasteiger partial charge in [-0.2, -0.15) is 0 Å². The summed E-state index contributed by atoms with van der Waals surface area (Å²) in [6.07, 6.45) is -4.86. The van der Waals surface area contributed by atoms with Gasteiger partial charge in [0.2, 0.25) is 0 Å². The summed E-state index contributed by atoms with van der Waals surface area (Å²) in [5.74, 6) is -2.27. The number of amides is 1. The lowest BCUT2D eigenvalue weighted by atomic mass is 10.1. The lowest BCUT2D eigenvalue weighted by molar-refractivity contribution is -0.274. The first kappa shape index (κ1) is 16.5. The van der Waals surface area contributed by atoms with Crippen molar-refractivity contribution in [3.63, 3.8) is 0 Å². The zero-order chi connectivity index (χ0) is 18.2. The predicted octanol–water partition coefficient (Wildman–Crippen LogP) is 3.36. The van der Waals surface area contributed by atoms with Gasteiger partial charge in [0.05, 0.1) is 16.9 Å². The summed E-state index contributed by atoms with van der Waals surface area (Å²) in [6, 6.07) is 8.90. The highest BCUT2D eigenvalue weighted by molar-refractivity contribution is 6.54. The molecule has 0 saturated heterocycles. The second-order valence-corrected chi connectivity index (χ2v) is 5.03. The molecule has 0 aromatic heterocycles. The molecule has 2 aromatic rings. The number of carboxylic acid groups (broad SMARTS) is 1. The number of carboxylic acids is 1. The van der Waals surface area contributed by atoms with E-state index in [2.05, 4.69) is 15.0 Å². The van der Waals surface area contributed by atoms with Crippen molar-refractivity contribution >= 4 is 29.0 Å². The van der Waals surface area contributed by atoms with Gasteiger partial charge in [-0.3, -0.25) is 4.79 Å². The number of alkyl halides is 3. The molecular weight excluding hydrogens is 341 g/mol. The molecule has 2 N–H and O–H groups in total. The van der Waals surface area contributed by atoms with E-state index in [9.17, 15) is 22.8 Å². The number of carbonyl (C=O) groups is 2. The number of aromatic carboxylic acids is 1. The van der Waals surface area contributed by atoms with Crippen LogP contribution in [-0.4, -0.2) is 29.1 Å². The molecule has 1 aliphatic rings. The molecule has 0 atom stereocenters. The van der Waals surface area contributed by atoms with Crippen molar-refractivity contribution in [2.75, 3.05) is 5.32 Å². The normalized spacial score (nSPS) is 15.0. The average molecular weight is 350 g/mol. The van der Waals surface area contributed by atoms with Crippen LogP contribution >= 0.6 is 0 Å². The van der Waals surface area contributed by atoms with E-state index in [1.165, 1.54) is 30.3 Å². The van der Waals surface area contributed by atoms with Crippen molar-refractivity contribution < 1.29 is 32.6 Å². The summed E-state index contributed by atoms with van der Waals surface area (Å²) >= 11 is 0. The van der Waals surface area contributed by atoms with Crippen LogP contribution in [0.3, 0.4) is 0 Å². The SMILES string of the molecule is O=C1Nc2ccc(OC(F)(F)F)cc2/C1=N/c1cccc(C(=O)O)c1. The monoisotopic (exact) mass is 350 g/mol. The Balaban J connectivity index is 2.02. The number of halogens is 3. The van der Waals surface area contributed by atoms with Crippen molar-refractivity contribution in [1.29, 1.82) is 0 Å². The van der Waals surface area contributed by atoms with Crippen molar-refractivity contribution in [2.45, 2.75) is 6.36 Å². The standard InChI is InChI=1S/C16H9F3N2O4/c17-16(18,19)25-10-4-5-12-11(7-10)13(14(22)21-12)20-9-3-1-2-8(6-9)15(23)24/h1-7H,(H,23,24)(H,20,21,22). The van der Waals surface area contributed by atoms with Crippen molar-refractivity contribution in [3.05, 3.63) is 53.6 Å². The molecule has 0 bridgehead atoms. The first-order valence-corrected chi connectivity index (χ1v) is 6.86. The molecule has 0 aliphatic carbocycles. The van der Waals surface area contributed by atoms with E-state index in [-0.39, 0.29) is 28.2 Å². The summed E-state index contributed by atoms with van der Waals surface area (Å²) in [5, 5.41) is 11.4. The van der Waals surface area contributed by atoms with Gasteiger partial charge >= 0.3 is 12.3 Å². The molecule has 2 aromatic carbocycles. The smallest absolute Gasteiger partial charge is 0.478 e. The Hall–Kier alpha value is -3.36. The van der Waals surface area contributed by atoms with Crippen molar-refractivity contribution in [1.82, 2.24) is 0 Å². The quantitative estimate of drug-likeness (QED) is 0.888. The minimum absolute atomic E-state index is 0.0327. The van der Waals surface area contributed by atoms with Gasteiger partial charge in [-0.15, -0.1) is 13.2 Å². The molecule has 25 heavy (non-hydrogen) atoms. The van der Waals surface area contributed by atoms with E-state index in [0.717, 1.165) is 12.1 Å². The number of ether oxygens (including phenoxy) is 1. The lowest BCUT2D eigenvalue weighted by Gasteiger charge is -2.09.